The molecule has 0 fully saturated rings. The van der Waals surface area contributed by atoms with Crippen molar-refractivity contribution in [1.29, 1.82) is 0 Å². The molecular formula is C11H11N3O2. The fraction of sp³-hybridized carbons (Fsp3) is 0.273. The van der Waals surface area contributed by atoms with Crippen LogP contribution >= 0.6 is 0 Å². The lowest BCUT2D eigenvalue weighted by molar-refractivity contribution is 0.173. The van der Waals surface area contributed by atoms with Gasteiger partial charge in [-0.05, 0) is 18.6 Å². The van der Waals surface area contributed by atoms with E-state index in [1.165, 1.54) is 6.33 Å². The molecule has 0 aliphatic carbocycles. The first-order valence-corrected chi connectivity index (χ1v) is 5.07. The van der Waals surface area contributed by atoms with Crippen LogP contribution < -0.4 is 15.2 Å². The van der Waals surface area contributed by atoms with Gasteiger partial charge >= 0.3 is 0 Å². The van der Waals surface area contributed by atoms with Crippen molar-refractivity contribution in [2.45, 2.75) is 6.92 Å². The highest BCUT2D eigenvalue weighted by molar-refractivity contribution is 5.96. The molecule has 0 bridgehead atoms. The predicted molar refractivity (Wildman–Crippen MR) is 59.7 cm³/mol. The first kappa shape index (κ1) is 9.21. The number of rotatable bonds is 0. The molecule has 0 amide bonds. The van der Waals surface area contributed by atoms with Gasteiger partial charge in [-0.1, -0.05) is 0 Å². The second-order valence-electron chi connectivity index (χ2n) is 3.70. The van der Waals surface area contributed by atoms with E-state index >= 15 is 0 Å². The predicted octanol–water partition coefficient (Wildman–Crippen LogP) is 1.29. The molecule has 1 aliphatic heterocycles. The molecule has 16 heavy (non-hydrogen) atoms. The number of nitrogen functional groups attached to an aromatic ring is 1. The number of benzene rings is 1. The molecule has 1 aromatic heterocycles. The lowest BCUT2D eigenvalue weighted by Crippen LogP contribution is -2.17. The van der Waals surface area contributed by atoms with E-state index < -0.39 is 0 Å². The van der Waals surface area contributed by atoms with E-state index in [1.807, 2.05) is 13.0 Å². The summed E-state index contributed by atoms with van der Waals surface area (Å²) in [4.78, 5) is 8.16. The molecule has 0 unspecified atom stereocenters. The Morgan fingerprint density at radius 3 is 2.75 bits per heavy atom. The quantitative estimate of drug-likeness (QED) is 0.720. The molecule has 2 N–H and O–H groups in total. The third-order valence-corrected chi connectivity index (χ3v) is 2.63. The van der Waals surface area contributed by atoms with Crippen molar-refractivity contribution >= 4 is 16.7 Å². The topological polar surface area (TPSA) is 70.3 Å². The lowest BCUT2D eigenvalue weighted by atomic mass is 10.1. The number of hydrogen-bond donors (Lipinski definition) is 1. The SMILES string of the molecule is Cc1cc2ncnc(N)c2c2c1OCCO2. The minimum absolute atomic E-state index is 0.423. The summed E-state index contributed by atoms with van der Waals surface area (Å²) in [5.74, 6) is 1.84. The minimum atomic E-state index is 0.423. The van der Waals surface area contributed by atoms with E-state index in [9.17, 15) is 0 Å². The van der Waals surface area contributed by atoms with Crippen LogP contribution in [-0.4, -0.2) is 23.2 Å². The van der Waals surface area contributed by atoms with Crippen molar-refractivity contribution in [2.75, 3.05) is 18.9 Å². The van der Waals surface area contributed by atoms with Crippen molar-refractivity contribution in [2.24, 2.45) is 0 Å². The Labute approximate surface area is 92.2 Å². The van der Waals surface area contributed by atoms with Gasteiger partial charge in [0.2, 0.25) is 0 Å². The molecule has 2 aromatic rings. The second-order valence-corrected chi connectivity index (χ2v) is 3.70. The van der Waals surface area contributed by atoms with Crippen molar-refractivity contribution < 1.29 is 9.47 Å². The average molecular weight is 217 g/mol. The van der Waals surface area contributed by atoms with Crippen LogP contribution in [0, 0.1) is 6.92 Å². The van der Waals surface area contributed by atoms with Crippen LogP contribution in [0.15, 0.2) is 12.4 Å². The third-order valence-electron chi connectivity index (χ3n) is 2.63. The fourth-order valence-corrected chi connectivity index (χ4v) is 1.92. The Kier molecular flexibility index (Phi) is 1.86. The van der Waals surface area contributed by atoms with Crippen LogP contribution in [0.3, 0.4) is 0 Å². The highest BCUT2D eigenvalue weighted by Gasteiger charge is 2.20. The number of nitrogens with two attached hydrogens (primary N) is 1. The number of aryl methyl sites for hydroxylation is 1. The molecule has 0 saturated carbocycles. The van der Waals surface area contributed by atoms with Gasteiger partial charge in [0.1, 0.15) is 25.4 Å². The molecular weight excluding hydrogens is 206 g/mol. The van der Waals surface area contributed by atoms with Crippen LogP contribution in [0.1, 0.15) is 5.56 Å². The summed E-state index contributed by atoms with van der Waals surface area (Å²) < 4.78 is 11.2. The normalized spacial score (nSPS) is 14.1. The Morgan fingerprint density at radius 1 is 1.19 bits per heavy atom. The summed E-state index contributed by atoms with van der Waals surface area (Å²) >= 11 is 0. The fourth-order valence-electron chi connectivity index (χ4n) is 1.92. The summed E-state index contributed by atoms with van der Waals surface area (Å²) in [5, 5.41) is 0.739. The van der Waals surface area contributed by atoms with E-state index in [0.717, 1.165) is 22.2 Å². The van der Waals surface area contributed by atoms with Crippen LogP contribution in [0.25, 0.3) is 10.9 Å². The zero-order valence-electron chi connectivity index (χ0n) is 8.86. The van der Waals surface area contributed by atoms with Crippen LogP contribution in [0.4, 0.5) is 5.82 Å². The number of fused-ring (bicyclic) bond motifs is 3. The number of aromatic nitrogens is 2. The molecule has 82 valence electrons. The molecule has 5 nitrogen and oxygen atoms in total. The van der Waals surface area contributed by atoms with Crippen molar-refractivity contribution in [1.82, 2.24) is 9.97 Å². The first-order chi connectivity index (χ1) is 7.77. The van der Waals surface area contributed by atoms with Crippen molar-refractivity contribution in [3.05, 3.63) is 18.0 Å². The summed E-state index contributed by atoms with van der Waals surface area (Å²) in [6, 6.07) is 1.93. The summed E-state index contributed by atoms with van der Waals surface area (Å²) in [6.07, 6.45) is 1.45. The summed E-state index contributed by atoms with van der Waals surface area (Å²) in [5.41, 5.74) is 7.63. The van der Waals surface area contributed by atoms with Gasteiger partial charge in [0.25, 0.3) is 0 Å². The summed E-state index contributed by atoms with van der Waals surface area (Å²) in [7, 11) is 0. The van der Waals surface area contributed by atoms with Crippen molar-refractivity contribution in [3.8, 4) is 11.5 Å². The molecule has 0 saturated heterocycles. The van der Waals surface area contributed by atoms with E-state index in [0.29, 0.717) is 24.8 Å². The second kappa shape index (κ2) is 3.23. The van der Waals surface area contributed by atoms with Crippen LogP contribution in [0.2, 0.25) is 0 Å². The highest BCUT2D eigenvalue weighted by atomic mass is 16.6. The average Bonchev–Trinajstić information content (AvgIpc) is 2.29. The first-order valence-electron chi connectivity index (χ1n) is 5.07. The largest absolute Gasteiger partial charge is 0.486 e. The van der Waals surface area contributed by atoms with E-state index in [-0.39, 0.29) is 0 Å². The van der Waals surface area contributed by atoms with Gasteiger partial charge in [0.15, 0.2) is 11.5 Å². The monoisotopic (exact) mass is 217 g/mol. The van der Waals surface area contributed by atoms with Gasteiger partial charge in [-0.25, -0.2) is 9.97 Å². The summed E-state index contributed by atoms with van der Waals surface area (Å²) in [6.45, 7) is 3.05. The van der Waals surface area contributed by atoms with Gasteiger partial charge in [-0.15, -0.1) is 0 Å². The molecule has 1 aliphatic rings. The molecule has 0 radical (unpaired) electrons. The molecule has 3 rings (SSSR count). The maximum Gasteiger partial charge on any atom is 0.174 e. The number of ether oxygens (including phenoxy) is 2. The highest BCUT2D eigenvalue weighted by Crippen LogP contribution is 2.41. The maximum absolute atomic E-state index is 5.84. The van der Waals surface area contributed by atoms with Gasteiger partial charge in [-0.3, -0.25) is 0 Å². The number of anilines is 1. The van der Waals surface area contributed by atoms with Gasteiger partial charge in [0, 0.05) is 0 Å². The Bertz CT molecular complexity index is 569. The van der Waals surface area contributed by atoms with E-state index in [4.69, 9.17) is 15.2 Å². The Balaban J connectivity index is 2.43. The van der Waals surface area contributed by atoms with Crippen LogP contribution in [0.5, 0.6) is 11.5 Å². The maximum atomic E-state index is 5.84. The number of hydrogen-bond acceptors (Lipinski definition) is 5. The lowest BCUT2D eigenvalue weighted by Gasteiger charge is -2.21. The standard InChI is InChI=1S/C11H11N3O2/c1-6-4-7-8(11(12)14-5-13-7)10-9(6)15-2-3-16-10/h4-5H,2-3H2,1H3,(H2,12,13,14). The van der Waals surface area contributed by atoms with Gasteiger partial charge in [-0.2, -0.15) is 0 Å². The van der Waals surface area contributed by atoms with E-state index in [1.54, 1.807) is 0 Å². The third kappa shape index (κ3) is 1.18. The number of nitrogens with zero attached hydrogens (tertiary/aromatic N) is 2. The van der Waals surface area contributed by atoms with Crippen LogP contribution in [-0.2, 0) is 0 Å². The smallest absolute Gasteiger partial charge is 0.174 e. The zero-order chi connectivity index (χ0) is 11.1. The Morgan fingerprint density at radius 2 is 1.94 bits per heavy atom. The minimum Gasteiger partial charge on any atom is -0.486 e. The molecule has 2 heterocycles. The zero-order valence-corrected chi connectivity index (χ0v) is 8.86. The molecule has 0 spiro atoms. The molecule has 1 aromatic carbocycles. The van der Waals surface area contributed by atoms with E-state index in [2.05, 4.69) is 9.97 Å². The van der Waals surface area contributed by atoms with Crippen molar-refractivity contribution in [3.63, 3.8) is 0 Å². The Hall–Kier alpha value is -2.04. The molecule has 0 atom stereocenters. The molecule has 5 heteroatoms. The van der Waals surface area contributed by atoms with Gasteiger partial charge in [0.05, 0.1) is 10.9 Å². The van der Waals surface area contributed by atoms with Gasteiger partial charge < -0.3 is 15.2 Å².